The second kappa shape index (κ2) is 5.66. The van der Waals surface area contributed by atoms with E-state index in [0.717, 1.165) is 10.8 Å². The third-order valence-electron chi connectivity index (χ3n) is 3.16. The first-order chi connectivity index (χ1) is 9.70. The largest absolute Gasteiger partial charge is 0.476 e. The summed E-state index contributed by atoms with van der Waals surface area (Å²) in [4.78, 5) is 9.83. The van der Waals surface area contributed by atoms with Gasteiger partial charge in [0.2, 0.25) is 5.88 Å². The Morgan fingerprint density at radius 3 is 3.00 bits per heavy atom. The number of ether oxygens (including phenoxy) is 1. The lowest BCUT2D eigenvalue weighted by atomic mass is 10.4. The van der Waals surface area contributed by atoms with E-state index < -0.39 is 0 Å². The zero-order chi connectivity index (χ0) is 13.9. The van der Waals surface area contributed by atoms with Gasteiger partial charge in [0.1, 0.15) is 5.82 Å². The lowest BCUT2D eigenvalue weighted by molar-refractivity contribution is 0.290. The Hall–Kier alpha value is -1.82. The van der Waals surface area contributed by atoms with Crippen LogP contribution in [0.4, 0.5) is 11.5 Å². The van der Waals surface area contributed by atoms with Crippen LogP contribution in [0.1, 0.15) is 22.7 Å². The number of hydrogen-bond donors (Lipinski definition) is 2. The molecule has 106 valence electrons. The maximum Gasteiger partial charge on any atom is 0.239 e. The molecule has 0 spiro atoms. The van der Waals surface area contributed by atoms with Gasteiger partial charge >= 0.3 is 0 Å². The zero-order valence-electron chi connectivity index (χ0n) is 11.4. The van der Waals surface area contributed by atoms with Crippen molar-refractivity contribution >= 4 is 22.8 Å². The Morgan fingerprint density at radius 2 is 2.30 bits per heavy atom. The second-order valence-electron chi connectivity index (χ2n) is 5.04. The maximum absolute atomic E-state index is 5.88. The predicted molar refractivity (Wildman–Crippen MR) is 81.0 cm³/mol. The van der Waals surface area contributed by atoms with Crippen LogP contribution in [0.3, 0.4) is 0 Å². The van der Waals surface area contributed by atoms with E-state index in [2.05, 4.69) is 15.3 Å². The third-order valence-corrected chi connectivity index (χ3v) is 4.07. The van der Waals surface area contributed by atoms with E-state index >= 15 is 0 Å². The standard InChI is InChI=1S/C14H18N4OS/c1-9-16-6-11(20-9)7-17-13-5-4-12(15)14(18-13)19-8-10-2-3-10/h4-6,10H,2-3,7-8,15H2,1H3,(H,17,18). The summed E-state index contributed by atoms with van der Waals surface area (Å²) in [7, 11) is 0. The predicted octanol–water partition coefficient (Wildman–Crippen LogP) is 2.83. The summed E-state index contributed by atoms with van der Waals surface area (Å²) in [6.45, 7) is 3.43. The van der Waals surface area contributed by atoms with Crippen LogP contribution in [0.15, 0.2) is 18.3 Å². The smallest absolute Gasteiger partial charge is 0.239 e. The van der Waals surface area contributed by atoms with Gasteiger partial charge in [-0.2, -0.15) is 4.98 Å². The highest BCUT2D eigenvalue weighted by Gasteiger charge is 2.22. The summed E-state index contributed by atoms with van der Waals surface area (Å²) < 4.78 is 5.67. The molecule has 1 fully saturated rings. The normalized spacial score (nSPS) is 14.2. The average molecular weight is 290 g/mol. The number of thiazole rings is 1. The van der Waals surface area contributed by atoms with Crippen LogP contribution in [0, 0.1) is 12.8 Å². The first-order valence-electron chi connectivity index (χ1n) is 6.75. The average Bonchev–Trinajstić information content (AvgIpc) is 3.18. The number of pyridine rings is 1. The van der Waals surface area contributed by atoms with E-state index in [9.17, 15) is 0 Å². The monoisotopic (exact) mass is 290 g/mol. The molecule has 1 saturated carbocycles. The van der Waals surface area contributed by atoms with Gasteiger partial charge in [0, 0.05) is 11.1 Å². The molecule has 1 aliphatic rings. The molecule has 6 heteroatoms. The summed E-state index contributed by atoms with van der Waals surface area (Å²) in [6, 6.07) is 3.70. The molecule has 0 unspecified atom stereocenters. The van der Waals surface area contributed by atoms with Crippen LogP contribution in [-0.2, 0) is 6.54 Å². The molecule has 0 aromatic carbocycles. The quantitative estimate of drug-likeness (QED) is 0.856. The van der Waals surface area contributed by atoms with Gasteiger partial charge in [-0.05, 0) is 37.8 Å². The molecular weight excluding hydrogens is 272 g/mol. The van der Waals surface area contributed by atoms with Crippen molar-refractivity contribution in [1.82, 2.24) is 9.97 Å². The molecule has 5 nitrogen and oxygen atoms in total. The van der Waals surface area contributed by atoms with Gasteiger partial charge in [0.15, 0.2) is 0 Å². The van der Waals surface area contributed by atoms with E-state index in [4.69, 9.17) is 10.5 Å². The number of hydrogen-bond acceptors (Lipinski definition) is 6. The fraction of sp³-hybridized carbons (Fsp3) is 0.429. The molecule has 0 bridgehead atoms. The molecular formula is C14H18N4OS. The van der Waals surface area contributed by atoms with Gasteiger partial charge in [0.05, 0.1) is 23.8 Å². The van der Waals surface area contributed by atoms with Crippen molar-refractivity contribution in [2.45, 2.75) is 26.3 Å². The van der Waals surface area contributed by atoms with Gasteiger partial charge in [-0.25, -0.2) is 4.98 Å². The van der Waals surface area contributed by atoms with Crippen molar-refractivity contribution in [2.75, 3.05) is 17.7 Å². The number of nitrogen functional groups attached to an aromatic ring is 1. The van der Waals surface area contributed by atoms with E-state index in [-0.39, 0.29) is 0 Å². The number of nitrogens with one attached hydrogen (secondary N) is 1. The SMILES string of the molecule is Cc1ncc(CNc2ccc(N)c(OCC3CC3)n2)s1. The molecule has 0 atom stereocenters. The molecule has 0 amide bonds. The van der Waals surface area contributed by atoms with Gasteiger partial charge in [-0.15, -0.1) is 11.3 Å². The molecule has 0 saturated heterocycles. The molecule has 2 aromatic rings. The summed E-state index contributed by atoms with van der Waals surface area (Å²) in [5, 5.41) is 4.34. The Kier molecular flexibility index (Phi) is 3.73. The van der Waals surface area contributed by atoms with Gasteiger partial charge in [0.25, 0.3) is 0 Å². The van der Waals surface area contributed by atoms with Gasteiger partial charge < -0.3 is 15.8 Å². The molecule has 3 N–H and O–H groups in total. The minimum absolute atomic E-state index is 0.530. The molecule has 1 aliphatic carbocycles. The van der Waals surface area contributed by atoms with Gasteiger partial charge in [-0.1, -0.05) is 0 Å². The maximum atomic E-state index is 5.88. The fourth-order valence-electron chi connectivity index (χ4n) is 1.81. The number of nitrogens with two attached hydrogens (primary N) is 1. The Labute approximate surface area is 122 Å². The molecule has 20 heavy (non-hydrogen) atoms. The van der Waals surface area contributed by atoms with Gasteiger partial charge in [-0.3, -0.25) is 0 Å². The number of aryl methyl sites for hydroxylation is 1. The number of anilines is 2. The van der Waals surface area contributed by atoms with Crippen LogP contribution in [0.2, 0.25) is 0 Å². The van der Waals surface area contributed by atoms with Crippen molar-refractivity contribution in [3.8, 4) is 5.88 Å². The molecule has 2 aromatic heterocycles. The van der Waals surface area contributed by atoms with E-state index in [1.54, 1.807) is 11.3 Å². The topological polar surface area (TPSA) is 73.1 Å². The van der Waals surface area contributed by atoms with Crippen molar-refractivity contribution in [1.29, 1.82) is 0 Å². The van der Waals surface area contributed by atoms with Crippen molar-refractivity contribution < 1.29 is 4.74 Å². The molecule has 2 heterocycles. The fourth-order valence-corrected chi connectivity index (χ4v) is 2.55. The van der Waals surface area contributed by atoms with E-state index in [1.165, 1.54) is 17.7 Å². The summed E-state index contributed by atoms with van der Waals surface area (Å²) in [6.07, 6.45) is 4.39. The molecule has 0 radical (unpaired) electrons. The third kappa shape index (κ3) is 3.39. The van der Waals surface area contributed by atoms with Crippen LogP contribution in [-0.4, -0.2) is 16.6 Å². The van der Waals surface area contributed by atoms with E-state index in [0.29, 0.717) is 30.6 Å². The Balaban J connectivity index is 1.61. The van der Waals surface area contributed by atoms with Crippen LogP contribution >= 0.6 is 11.3 Å². The summed E-state index contributed by atoms with van der Waals surface area (Å²) >= 11 is 1.68. The van der Waals surface area contributed by atoms with Crippen molar-refractivity contribution in [3.05, 3.63) is 28.2 Å². The summed E-state index contributed by atoms with van der Waals surface area (Å²) in [5.74, 6) is 1.99. The first-order valence-corrected chi connectivity index (χ1v) is 7.57. The minimum Gasteiger partial charge on any atom is -0.476 e. The minimum atomic E-state index is 0.530. The number of aromatic nitrogens is 2. The Bertz CT molecular complexity index is 595. The molecule has 3 rings (SSSR count). The van der Waals surface area contributed by atoms with Crippen LogP contribution < -0.4 is 15.8 Å². The molecule has 0 aliphatic heterocycles. The number of rotatable bonds is 6. The van der Waals surface area contributed by atoms with Crippen molar-refractivity contribution in [2.24, 2.45) is 5.92 Å². The lowest BCUT2D eigenvalue weighted by Crippen LogP contribution is -2.06. The zero-order valence-corrected chi connectivity index (χ0v) is 12.2. The van der Waals surface area contributed by atoms with Crippen LogP contribution in [0.5, 0.6) is 5.88 Å². The Morgan fingerprint density at radius 1 is 1.45 bits per heavy atom. The number of nitrogens with zero attached hydrogens (tertiary/aromatic N) is 2. The highest BCUT2D eigenvalue weighted by molar-refractivity contribution is 7.11. The first kappa shape index (κ1) is 13.2. The van der Waals surface area contributed by atoms with E-state index in [1.807, 2.05) is 25.3 Å². The van der Waals surface area contributed by atoms with Crippen LogP contribution in [0.25, 0.3) is 0 Å². The lowest BCUT2D eigenvalue weighted by Gasteiger charge is -2.10. The summed E-state index contributed by atoms with van der Waals surface area (Å²) in [5.41, 5.74) is 6.47. The second-order valence-corrected chi connectivity index (χ2v) is 6.36. The van der Waals surface area contributed by atoms with Crippen molar-refractivity contribution in [3.63, 3.8) is 0 Å². The highest BCUT2D eigenvalue weighted by atomic mass is 32.1. The highest BCUT2D eigenvalue weighted by Crippen LogP contribution is 2.30.